The van der Waals surface area contributed by atoms with Gasteiger partial charge in [0.25, 0.3) is 0 Å². The van der Waals surface area contributed by atoms with Gasteiger partial charge in [0.15, 0.2) is 0 Å². The molecule has 0 atom stereocenters. The van der Waals surface area contributed by atoms with Gasteiger partial charge < -0.3 is 10.8 Å². The number of carboxylic acids is 1. The van der Waals surface area contributed by atoms with Crippen LogP contribution in [0.2, 0.25) is 0 Å². The van der Waals surface area contributed by atoms with Gasteiger partial charge in [-0.1, -0.05) is 12.7 Å². The van der Waals surface area contributed by atoms with Crippen molar-refractivity contribution >= 4 is 11.8 Å². The van der Waals surface area contributed by atoms with Gasteiger partial charge >= 0.3 is 5.97 Å². The van der Waals surface area contributed by atoms with Crippen LogP contribution in [0.25, 0.3) is 0 Å². The van der Waals surface area contributed by atoms with E-state index in [1.807, 2.05) is 0 Å². The summed E-state index contributed by atoms with van der Waals surface area (Å²) in [5.41, 5.74) is 5.87. The number of carboxylic acid groups (broad SMARTS) is 1. The lowest BCUT2D eigenvalue weighted by Crippen LogP contribution is -2.22. The van der Waals surface area contributed by atoms with E-state index in [1.54, 1.807) is 6.92 Å². The molecule has 0 aromatic carbocycles. The van der Waals surface area contributed by atoms with Crippen molar-refractivity contribution in [3.8, 4) is 0 Å². The van der Waals surface area contributed by atoms with Crippen molar-refractivity contribution in [2.24, 2.45) is 10.7 Å². The van der Waals surface area contributed by atoms with Crippen LogP contribution in [-0.4, -0.2) is 24.0 Å². The summed E-state index contributed by atoms with van der Waals surface area (Å²) in [6, 6.07) is 0. The van der Waals surface area contributed by atoms with Gasteiger partial charge in [0, 0.05) is 7.05 Å². The second-order valence-corrected chi connectivity index (χ2v) is 2.18. The van der Waals surface area contributed by atoms with E-state index in [-0.39, 0.29) is 11.4 Å². The predicted octanol–water partition coefficient (Wildman–Crippen LogP) is 0.560. The Morgan fingerprint density at radius 3 is 2.42 bits per heavy atom. The average molecular weight is 168 g/mol. The Kier molecular flexibility index (Phi) is 3.76. The molecule has 0 radical (unpaired) electrons. The number of nitrogens with two attached hydrogens (primary N) is 1. The minimum absolute atomic E-state index is 0.00694. The Hall–Kier alpha value is -1.58. The SMILES string of the molecule is C=C/C(C)=C(/C(=O)O)C(N)=NC. The minimum atomic E-state index is -1.09. The van der Waals surface area contributed by atoms with Crippen molar-refractivity contribution in [2.75, 3.05) is 7.05 Å². The monoisotopic (exact) mass is 168 g/mol. The van der Waals surface area contributed by atoms with Crippen molar-refractivity contribution in [1.82, 2.24) is 0 Å². The number of aliphatic carboxylic acids is 1. The molecule has 4 nitrogen and oxygen atoms in total. The molecule has 0 saturated carbocycles. The zero-order chi connectivity index (χ0) is 9.72. The van der Waals surface area contributed by atoms with Gasteiger partial charge in [-0.05, 0) is 12.5 Å². The molecule has 0 aliphatic rings. The molecule has 0 aromatic rings. The molecule has 0 aliphatic carbocycles. The van der Waals surface area contributed by atoms with E-state index in [0.717, 1.165) is 0 Å². The lowest BCUT2D eigenvalue weighted by molar-refractivity contribution is -0.132. The van der Waals surface area contributed by atoms with Crippen LogP contribution in [0.1, 0.15) is 6.92 Å². The van der Waals surface area contributed by atoms with Gasteiger partial charge in [-0.3, -0.25) is 4.99 Å². The van der Waals surface area contributed by atoms with Crippen molar-refractivity contribution in [3.63, 3.8) is 0 Å². The second kappa shape index (κ2) is 4.33. The summed E-state index contributed by atoms with van der Waals surface area (Å²) in [5.74, 6) is -1.07. The number of allylic oxidation sites excluding steroid dienone is 2. The third kappa shape index (κ3) is 2.23. The fraction of sp³-hybridized carbons (Fsp3) is 0.250. The van der Waals surface area contributed by atoms with Crippen LogP contribution >= 0.6 is 0 Å². The number of nitrogens with zero attached hydrogens (tertiary/aromatic N) is 1. The highest BCUT2D eigenvalue weighted by atomic mass is 16.4. The third-order valence-electron chi connectivity index (χ3n) is 1.41. The van der Waals surface area contributed by atoms with E-state index < -0.39 is 5.97 Å². The van der Waals surface area contributed by atoms with E-state index in [4.69, 9.17) is 10.8 Å². The largest absolute Gasteiger partial charge is 0.478 e. The second-order valence-electron chi connectivity index (χ2n) is 2.18. The maximum atomic E-state index is 10.6. The lowest BCUT2D eigenvalue weighted by atomic mass is 10.1. The van der Waals surface area contributed by atoms with Crippen LogP contribution in [0.4, 0.5) is 0 Å². The first kappa shape index (κ1) is 10.4. The van der Waals surface area contributed by atoms with Crippen LogP contribution in [0, 0.1) is 0 Å². The van der Waals surface area contributed by atoms with Gasteiger partial charge in [-0.2, -0.15) is 0 Å². The highest BCUT2D eigenvalue weighted by molar-refractivity contribution is 6.18. The van der Waals surface area contributed by atoms with Crippen molar-refractivity contribution in [3.05, 3.63) is 23.8 Å². The number of carbonyl (C=O) groups is 1. The first-order valence-corrected chi connectivity index (χ1v) is 3.33. The molecular weight excluding hydrogens is 156 g/mol. The standard InChI is InChI=1S/C8H12N2O2/c1-4-5(2)6(8(11)12)7(9)10-3/h4H,1H2,2-3H3,(H2,9,10)(H,11,12)/b6-5+. The molecule has 0 saturated heterocycles. The number of hydrogen-bond acceptors (Lipinski definition) is 2. The van der Waals surface area contributed by atoms with E-state index in [9.17, 15) is 4.79 Å². The smallest absolute Gasteiger partial charge is 0.339 e. The highest BCUT2D eigenvalue weighted by Crippen LogP contribution is 2.05. The first-order chi connectivity index (χ1) is 5.54. The molecule has 0 spiro atoms. The van der Waals surface area contributed by atoms with Crippen LogP contribution in [-0.2, 0) is 4.79 Å². The van der Waals surface area contributed by atoms with Crippen LogP contribution < -0.4 is 5.73 Å². The summed E-state index contributed by atoms with van der Waals surface area (Å²) in [7, 11) is 1.44. The molecule has 4 heteroatoms. The molecule has 0 heterocycles. The Bertz CT molecular complexity index is 264. The highest BCUT2D eigenvalue weighted by Gasteiger charge is 2.13. The zero-order valence-electron chi connectivity index (χ0n) is 7.16. The predicted molar refractivity (Wildman–Crippen MR) is 48.1 cm³/mol. The molecule has 0 fully saturated rings. The van der Waals surface area contributed by atoms with Crippen LogP contribution in [0.5, 0.6) is 0 Å². The first-order valence-electron chi connectivity index (χ1n) is 3.33. The van der Waals surface area contributed by atoms with E-state index in [0.29, 0.717) is 5.57 Å². The maximum Gasteiger partial charge on any atom is 0.339 e. The molecule has 0 bridgehead atoms. The maximum absolute atomic E-state index is 10.6. The molecule has 0 aliphatic heterocycles. The number of amidine groups is 1. The lowest BCUT2D eigenvalue weighted by Gasteiger charge is -2.02. The van der Waals surface area contributed by atoms with E-state index in [2.05, 4.69) is 11.6 Å². The third-order valence-corrected chi connectivity index (χ3v) is 1.41. The van der Waals surface area contributed by atoms with Gasteiger partial charge in [0.05, 0.1) is 0 Å². The molecule has 0 amide bonds. The number of hydrogen-bond donors (Lipinski definition) is 2. The topological polar surface area (TPSA) is 75.7 Å². The average Bonchev–Trinajstić information content (AvgIpc) is 2.03. The Morgan fingerprint density at radius 2 is 2.17 bits per heavy atom. The summed E-state index contributed by atoms with van der Waals surface area (Å²) < 4.78 is 0. The Labute approximate surface area is 71.1 Å². The van der Waals surface area contributed by atoms with E-state index in [1.165, 1.54) is 13.1 Å². The van der Waals surface area contributed by atoms with Crippen LogP contribution in [0.15, 0.2) is 28.8 Å². The fourth-order valence-electron chi connectivity index (χ4n) is 0.694. The van der Waals surface area contributed by atoms with Crippen molar-refractivity contribution < 1.29 is 9.90 Å². The zero-order valence-corrected chi connectivity index (χ0v) is 7.16. The molecule has 3 N–H and O–H groups in total. The van der Waals surface area contributed by atoms with Gasteiger partial charge in [0.2, 0.25) is 0 Å². The molecule has 66 valence electrons. The molecular formula is C8H12N2O2. The summed E-state index contributed by atoms with van der Waals surface area (Å²) >= 11 is 0. The van der Waals surface area contributed by atoms with Gasteiger partial charge in [-0.25, -0.2) is 4.79 Å². The number of aliphatic imine (C=N–C) groups is 1. The normalized spacial score (nSPS) is 13.7. The van der Waals surface area contributed by atoms with Crippen molar-refractivity contribution in [1.29, 1.82) is 0 Å². The molecule has 0 unspecified atom stereocenters. The molecule has 0 rings (SSSR count). The number of rotatable bonds is 3. The summed E-state index contributed by atoms with van der Waals surface area (Å²) in [4.78, 5) is 14.2. The Balaban J connectivity index is 5.19. The molecule has 0 aromatic heterocycles. The van der Waals surface area contributed by atoms with Crippen molar-refractivity contribution in [2.45, 2.75) is 6.92 Å². The fourth-order valence-corrected chi connectivity index (χ4v) is 0.694. The van der Waals surface area contributed by atoms with Gasteiger partial charge in [0.1, 0.15) is 11.4 Å². The summed E-state index contributed by atoms with van der Waals surface area (Å²) in [6.45, 7) is 5.07. The quantitative estimate of drug-likeness (QED) is 0.280. The minimum Gasteiger partial charge on any atom is -0.478 e. The van der Waals surface area contributed by atoms with E-state index >= 15 is 0 Å². The summed E-state index contributed by atoms with van der Waals surface area (Å²) in [6.07, 6.45) is 1.43. The summed E-state index contributed by atoms with van der Waals surface area (Å²) in [5, 5.41) is 8.71. The van der Waals surface area contributed by atoms with Crippen LogP contribution in [0.3, 0.4) is 0 Å². The Morgan fingerprint density at radius 1 is 1.67 bits per heavy atom. The van der Waals surface area contributed by atoms with Gasteiger partial charge in [-0.15, -0.1) is 0 Å². The molecule has 12 heavy (non-hydrogen) atoms.